The summed E-state index contributed by atoms with van der Waals surface area (Å²) >= 11 is 0. The number of benzene rings is 1. The van der Waals surface area contributed by atoms with Crippen LogP contribution in [0.5, 0.6) is 0 Å². The first-order chi connectivity index (χ1) is 5.88. The smallest absolute Gasteiger partial charge is 0.310 e. The maximum atomic E-state index is 10.1. The molecule has 1 N–H and O–H groups in total. The van der Waals surface area contributed by atoms with Crippen LogP contribution < -0.4 is 5.32 Å². The highest BCUT2D eigenvalue weighted by Crippen LogP contribution is 2.11. The van der Waals surface area contributed by atoms with Gasteiger partial charge in [-0.15, -0.1) is 6.58 Å². The molecule has 0 fully saturated rings. The van der Waals surface area contributed by atoms with Gasteiger partial charge in [0.05, 0.1) is 6.04 Å². The molecule has 61 valence electrons. The molecule has 0 heterocycles. The van der Waals surface area contributed by atoms with Gasteiger partial charge < -0.3 is 5.32 Å². The van der Waals surface area contributed by atoms with Crippen molar-refractivity contribution in [3.05, 3.63) is 48.6 Å². The normalized spacial score (nSPS) is 11.7. The molecule has 1 unspecified atom stereocenters. The minimum absolute atomic E-state index is 0.135. The monoisotopic (exact) mass is 160 g/mol. The van der Waals surface area contributed by atoms with Crippen molar-refractivity contribution >= 4 is 6.41 Å². The van der Waals surface area contributed by atoms with E-state index in [9.17, 15) is 4.79 Å². The lowest BCUT2D eigenvalue weighted by atomic mass is 10.1. The number of nitrogens with one attached hydrogen (secondary N) is 1. The molecule has 1 radical (unpaired) electrons. The molecule has 0 aliphatic rings. The first-order valence-corrected chi connectivity index (χ1v) is 3.68. The third-order valence-electron chi connectivity index (χ3n) is 1.61. The Morgan fingerprint density at radius 2 is 2.08 bits per heavy atom. The highest BCUT2D eigenvalue weighted by molar-refractivity contribution is 5.49. The summed E-state index contributed by atoms with van der Waals surface area (Å²) in [6, 6.07) is 9.47. The van der Waals surface area contributed by atoms with Gasteiger partial charge in [0.1, 0.15) is 0 Å². The van der Waals surface area contributed by atoms with E-state index >= 15 is 0 Å². The van der Waals surface area contributed by atoms with Crippen LogP contribution in [-0.2, 0) is 4.79 Å². The van der Waals surface area contributed by atoms with E-state index in [-0.39, 0.29) is 6.04 Å². The Kier molecular flexibility index (Phi) is 3.08. The van der Waals surface area contributed by atoms with Crippen LogP contribution in [0.2, 0.25) is 0 Å². The molecule has 1 rings (SSSR count). The second-order valence-corrected chi connectivity index (χ2v) is 2.37. The Morgan fingerprint density at radius 1 is 1.42 bits per heavy atom. The lowest BCUT2D eigenvalue weighted by Gasteiger charge is -2.09. The van der Waals surface area contributed by atoms with Gasteiger partial charge >= 0.3 is 6.41 Å². The average Bonchev–Trinajstić information content (AvgIpc) is 2.15. The van der Waals surface area contributed by atoms with E-state index in [4.69, 9.17) is 0 Å². The van der Waals surface area contributed by atoms with Crippen LogP contribution in [0.4, 0.5) is 0 Å². The molecule has 0 aliphatic heterocycles. The molecule has 0 aliphatic carbocycles. The molecule has 0 saturated heterocycles. The van der Waals surface area contributed by atoms with Gasteiger partial charge in [-0.25, -0.2) is 0 Å². The Balaban J connectivity index is 2.79. The Labute approximate surface area is 71.9 Å². The zero-order valence-electron chi connectivity index (χ0n) is 6.66. The summed E-state index contributed by atoms with van der Waals surface area (Å²) in [7, 11) is 0. The maximum absolute atomic E-state index is 10.1. The minimum Gasteiger partial charge on any atom is -0.338 e. The summed E-state index contributed by atoms with van der Waals surface area (Å²) in [5.74, 6) is 0. The van der Waals surface area contributed by atoms with Gasteiger partial charge in [0, 0.05) is 0 Å². The Bertz CT molecular complexity index is 256. The van der Waals surface area contributed by atoms with Crippen LogP contribution in [-0.4, -0.2) is 6.41 Å². The van der Waals surface area contributed by atoms with Gasteiger partial charge in [-0.1, -0.05) is 36.4 Å². The topological polar surface area (TPSA) is 29.1 Å². The fraction of sp³-hybridized carbons (Fsp3) is 0.100. The van der Waals surface area contributed by atoms with Crippen molar-refractivity contribution in [1.29, 1.82) is 0 Å². The Morgan fingerprint density at radius 3 is 2.58 bits per heavy atom. The van der Waals surface area contributed by atoms with Gasteiger partial charge in [-0.2, -0.15) is 0 Å². The van der Waals surface area contributed by atoms with Crippen LogP contribution in [0.1, 0.15) is 11.6 Å². The zero-order chi connectivity index (χ0) is 8.81. The summed E-state index contributed by atoms with van der Waals surface area (Å²) in [6.45, 7) is 3.61. The van der Waals surface area contributed by atoms with E-state index < -0.39 is 0 Å². The number of amides is 1. The standard InChI is InChI=1S/C10H10NO/c1-2-10(11-8-12)9-6-4-3-5-7-9/h2-7,10H,1H2,(H,11,12). The van der Waals surface area contributed by atoms with Gasteiger partial charge in [0.15, 0.2) is 0 Å². The molecule has 1 atom stereocenters. The SMILES string of the molecule is C=CC(N[C]=O)c1ccccc1. The van der Waals surface area contributed by atoms with Gasteiger partial charge in [-0.3, -0.25) is 4.79 Å². The van der Waals surface area contributed by atoms with Crippen molar-refractivity contribution in [1.82, 2.24) is 5.32 Å². The number of carbonyl (C=O) groups excluding carboxylic acids is 1. The third kappa shape index (κ3) is 1.95. The van der Waals surface area contributed by atoms with Crippen molar-refractivity contribution in [2.24, 2.45) is 0 Å². The van der Waals surface area contributed by atoms with Gasteiger partial charge in [0.25, 0.3) is 0 Å². The number of hydrogen-bond acceptors (Lipinski definition) is 1. The van der Waals surface area contributed by atoms with E-state index in [1.165, 1.54) is 0 Å². The van der Waals surface area contributed by atoms with Crippen molar-refractivity contribution < 1.29 is 4.79 Å². The molecule has 1 aromatic rings. The molecule has 2 nitrogen and oxygen atoms in total. The fourth-order valence-electron chi connectivity index (χ4n) is 1.00. The van der Waals surface area contributed by atoms with Crippen molar-refractivity contribution in [2.45, 2.75) is 6.04 Å². The van der Waals surface area contributed by atoms with Gasteiger partial charge in [-0.05, 0) is 5.56 Å². The maximum Gasteiger partial charge on any atom is 0.310 e. The first-order valence-electron chi connectivity index (χ1n) is 3.68. The average molecular weight is 160 g/mol. The van der Waals surface area contributed by atoms with Crippen molar-refractivity contribution in [3.8, 4) is 0 Å². The summed E-state index contributed by atoms with van der Waals surface area (Å²) < 4.78 is 0. The molecule has 12 heavy (non-hydrogen) atoms. The van der Waals surface area contributed by atoms with Crippen LogP contribution in [0.3, 0.4) is 0 Å². The summed E-state index contributed by atoms with van der Waals surface area (Å²) in [6.07, 6.45) is 3.31. The van der Waals surface area contributed by atoms with E-state index in [1.807, 2.05) is 30.3 Å². The van der Waals surface area contributed by atoms with Crippen LogP contribution in [0.15, 0.2) is 43.0 Å². The predicted octanol–water partition coefficient (Wildman–Crippen LogP) is 1.57. The van der Waals surface area contributed by atoms with Crippen LogP contribution in [0, 0.1) is 0 Å². The third-order valence-corrected chi connectivity index (χ3v) is 1.61. The fourth-order valence-corrected chi connectivity index (χ4v) is 1.00. The van der Waals surface area contributed by atoms with E-state index in [1.54, 1.807) is 12.5 Å². The predicted molar refractivity (Wildman–Crippen MR) is 48.2 cm³/mol. The number of hydrogen-bond donors (Lipinski definition) is 1. The molecule has 1 amide bonds. The molecule has 0 saturated carbocycles. The molecule has 0 bridgehead atoms. The van der Waals surface area contributed by atoms with E-state index in [0.717, 1.165) is 5.56 Å². The molecular weight excluding hydrogens is 150 g/mol. The van der Waals surface area contributed by atoms with Crippen LogP contribution in [0.25, 0.3) is 0 Å². The lowest BCUT2D eigenvalue weighted by Crippen LogP contribution is -2.16. The zero-order valence-corrected chi connectivity index (χ0v) is 6.66. The molecule has 1 aromatic carbocycles. The number of rotatable bonds is 4. The summed E-state index contributed by atoms with van der Waals surface area (Å²) in [4.78, 5) is 10.1. The van der Waals surface area contributed by atoms with Gasteiger partial charge in [0.2, 0.25) is 0 Å². The lowest BCUT2D eigenvalue weighted by molar-refractivity contribution is 0.536. The molecule has 2 heteroatoms. The first kappa shape index (κ1) is 8.53. The second-order valence-electron chi connectivity index (χ2n) is 2.37. The molecule has 0 spiro atoms. The molecular formula is C10H10NO. The summed E-state index contributed by atoms with van der Waals surface area (Å²) in [5, 5.41) is 2.52. The van der Waals surface area contributed by atoms with E-state index in [2.05, 4.69) is 11.9 Å². The largest absolute Gasteiger partial charge is 0.338 e. The molecule has 0 aromatic heterocycles. The minimum atomic E-state index is -0.135. The highest BCUT2D eigenvalue weighted by atomic mass is 16.1. The van der Waals surface area contributed by atoms with Crippen molar-refractivity contribution in [2.75, 3.05) is 0 Å². The quantitative estimate of drug-likeness (QED) is 0.525. The summed E-state index contributed by atoms with van der Waals surface area (Å²) in [5.41, 5.74) is 1.01. The van der Waals surface area contributed by atoms with E-state index in [0.29, 0.717) is 0 Å². The Hall–Kier alpha value is -1.57. The highest BCUT2D eigenvalue weighted by Gasteiger charge is 2.03. The second kappa shape index (κ2) is 4.34. The van der Waals surface area contributed by atoms with Crippen LogP contribution >= 0.6 is 0 Å². The van der Waals surface area contributed by atoms with Crippen molar-refractivity contribution in [3.63, 3.8) is 0 Å².